The van der Waals surface area contributed by atoms with Crippen molar-refractivity contribution in [2.24, 2.45) is 11.8 Å². The van der Waals surface area contributed by atoms with Crippen molar-refractivity contribution in [3.05, 3.63) is 59.7 Å². The van der Waals surface area contributed by atoms with Crippen LogP contribution in [-0.2, 0) is 23.6 Å². The summed E-state index contributed by atoms with van der Waals surface area (Å²) in [5.41, 5.74) is 2.74. The highest BCUT2D eigenvalue weighted by atomic mass is 32.2. The van der Waals surface area contributed by atoms with E-state index in [1.807, 2.05) is 0 Å². The van der Waals surface area contributed by atoms with Crippen LogP contribution < -0.4 is 0 Å². The van der Waals surface area contributed by atoms with Crippen molar-refractivity contribution in [2.45, 2.75) is 153 Å². The Kier molecular flexibility index (Phi) is 17.7. The largest absolute Gasteiger partial charge is 0.249 e. The van der Waals surface area contributed by atoms with Crippen molar-refractivity contribution in [2.75, 3.05) is 0 Å². The highest BCUT2D eigenvalue weighted by Gasteiger charge is 2.08. The summed E-state index contributed by atoms with van der Waals surface area (Å²) in [5, 5.41) is 0. The molecule has 0 aliphatic rings. The summed E-state index contributed by atoms with van der Waals surface area (Å²) in [5.74, 6) is 1.70. The fraction of sp³-hybridized carbons (Fsp3) is 0.667. The van der Waals surface area contributed by atoms with E-state index < -0.39 is 10.8 Å². The van der Waals surface area contributed by atoms with Gasteiger partial charge in [0.1, 0.15) is 0 Å². The Hall–Kier alpha value is -1.41. The molecule has 0 spiro atoms. The van der Waals surface area contributed by atoms with Crippen molar-refractivity contribution in [1.82, 2.24) is 0 Å². The number of benzene rings is 2. The lowest BCUT2D eigenvalue weighted by molar-refractivity contribution is 0.509. The maximum Gasteiger partial charge on any atom is 0.0849 e. The highest BCUT2D eigenvalue weighted by Crippen LogP contribution is 2.20. The van der Waals surface area contributed by atoms with Crippen molar-refractivity contribution in [1.29, 1.82) is 0 Å². The summed E-state index contributed by atoms with van der Waals surface area (Å²) < 4.78 is 13.1. The molecule has 0 saturated heterocycles. The van der Waals surface area contributed by atoms with Crippen LogP contribution in [0.5, 0.6) is 0 Å². The van der Waals surface area contributed by atoms with Gasteiger partial charge in [-0.2, -0.15) is 0 Å². The van der Waals surface area contributed by atoms with Crippen molar-refractivity contribution < 1.29 is 4.21 Å². The molecule has 38 heavy (non-hydrogen) atoms. The first-order valence-electron chi connectivity index (χ1n) is 16.1. The van der Waals surface area contributed by atoms with Crippen LogP contribution in [0.15, 0.2) is 58.3 Å². The Morgan fingerprint density at radius 1 is 0.447 bits per heavy atom. The number of hydrogen-bond donors (Lipinski definition) is 0. The van der Waals surface area contributed by atoms with Crippen molar-refractivity contribution in [3.8, 4) is 0 Å². The fourth-order valence-electron chi connectivity index (χ4n) is 5.23. The first-order chi connectivity index (χ1) is 18.5. The predicted molar refractivity (Wildman–Crippen MR) is 169 cm³/mol. The molecule has 0 heterocycles. The van der Waals surface area contributed by atoms with E-state index in [9.17, 15) is 4.21 Å². The van der Waals surface area contributed by atoms with Gasteiger partial charge in [0.25, 0.3) is 0 Å². The molecule has 0 unspecified atom stereocenters. The Morgan fingerprint density at radius 3 is 1.05 bits per heavy atom. The summed E-state index contributed by atoms with van der Waals surface area (Å²) in [6, 6.07) is 17.0. The molecular weight excluding hydrogens is 480 g/mol. The minimum absolute atomic E-state index is 0.850. The lowest BCUT2D eigenvalue weighted by Crippen LogP contribution is -1.95. The number of unbranched alkanes of at least 4 members (excludes halogenated alkanes) is 12. The van der Waals surface area contributed by atoms with Gasteiger partial charge in [0.05, 0.1) is 10.8 Å². The molecule has 0 atom stereocenters. The van der Waals surface area contributed by atoms with Gasteiger partial charge in [-0.05, 0) is 72.9 Å². The quantitative estimate of drug-likeness (QED) is 0.136. The van der Waals surface area contributed by atoms with Gasteiger partial charge in [-0.3, -0.25) is 0 Å². The zero-order valence-electron chi connectivity index (χ0n) is 25.3. The van der Waals surface area contributed by atoms with Gasteiger partial charge in [-0.15, -0.1) is 0 Å². The molecule has 2 heteroatoms. The van der Waals surface area contributed by atoms with Crippen LogP contribution in [0, 0.1) is 11.8 Å². The molecule has 0 amide bonds. The summed E-state index contributed by atoms with van der Waals surface area (Å²) in [7, 11) is -1.10. The maximum atomic E-state index is 13.1. The molecule has 0 bridgehead atoms. The third-order valence-corrected chi connectivity index (χ3v) is 9.17. The van der Waals surface area contributed by atoms with Crippen LogP contribution in [0.25, 0.3) is 0 Å². The maximum absolute atomic E-state index is 13.1. The molecule has 0 fully saturated rings. The molecule has 1 nitrogen and oxygen atoms in total. The van der Waals surface area contributed by atoms with Gasteiger partial charge in [-0.25, -0.2) is 4.21 Å². The SMILES string of the molecule is CC(C)CCCCCCCCCc1ccc(S(=O)c2ccc(CCCCCCCCCC(C)C)cc2)cc1. The Morgan fingerprint density at radius 2 is 0.737 bits per heavy atom. The van der Waals surface area contributed by atoms with E-state index in [0.717, 1.165) is 34.5 Å². The number of hydrogen-bond acceptors (Lipinski definition) is 1. The average Bonchev–Trinajstić information content (AvgIpc) is 2.91. The molecule has 2 rings (SSSR count). The zero-order valence-corrected chi connectivity index (χ0v) is 26.1. The molecule has 0 N–H and O–H groups in total. The first-order valence-corrected chi connectivity index (χ1v) is 17.2. The van der Waals surface area contributed by atoms with Crippen LogP contribution >= 0.6 is 0 Å². The van der Waals surface area contributed by atoms with Crippen LogP contribution in [0.4, 0.5) is 0 Å². The van der Waals surface area contributed by atoms with Gasteiger partial charge in [-0.1, -0.05) is 142 Å². The molecule has 0 saturated carbocycles. The summed E-state index contributed by atoms with van der Waals surface area (Å²) in [6.07, 6.45) is 24.1. The summed E-state index contributed by atoms with van der Waals surface area (Å²) in [4.78, 5) is 1.83. The van der Waals surface area contributed by atoms with Gasteiger partial charge in [0.2, 0.25) is 0 Å². The monoisotopic (exact) mass is 538 g/mol. The Balaban J connectivity index is 1.59. The topological polar surface area (TPSA) is 17.1 Å². The van der Waals surface area contributed by atoms with Crippen LogP contribution in [-0.4, -0.2) is 4.21 Å². The van der Waals surface area contributed by atoms with Gasteiger partial charge < -0.3 is 0 Å². The molecule has 0 aromatic heterocycles. The van der Waals surface area contributed by atoms with Crippen LogP contribution in [0.1, 0.15) is 142 Å². The molecule has 2 aromatic rings. The second-order valence-corrected chi connectivity index (χ2v) is 13.9. The van der Waals surface area contributed by atoms with E-state index in [1.165, 1.54) is 114 Å². The second-order valence-electron chi connectivity index (χ2n) is 12.4. The van der Waals surface area contributed by atoms with E-state index >= 15 is 0 Å². The van der Waals surface area contributed by atoms with E-state index in [4.69, 9.17) is 0 Å². The smallest absolute Gasteiger partial charge is 0.0849 e. The van der Waals surface area contributed by atoms with E-state index in [-0.39, 0.29) is 0 Å². The second kappa shape index (κ2) is 20.5. The molecule has 0 aliphatic carbocycles. The van der Waals surface area contributed by atoms with Crippen LogP contribution in [0.2, 0.25) is 0 Å². The third kappa shape index (κ3) is 15.2. The lowest BCUT2D eigenvalue weighted by Gasteiger charge is -2.07. The predicted octanol–water partition coefficient (Wildman–Crippen LogP) is 11.5. The first kappa shape index (κ1) is 32.8. The molecule has 214 valence electrons. The van der Waals surface area contributed by atoms with Crippen molar-refractivity contribution >= 4 is 10.8 Å². The average molecular weight is 539 g/mol. The van der Waals surface area contributed by atoms with E-state index in [1.54, 1.807) is 0 Å². The standard InChI is InChI=1S/C36H58OS/c1-31(2)19-15-11-7-5-9-13-17-21-33-23-27-35(28-24-33)38(37)36-29-25-34(26-30-36)22-18-14-10-6-8-12-16-20-32(3)4/h23-32H,5-22H2,1-4H3. The van der Waals surface area contributed by atoms with Gasteiger partial charge in [0.15, 0.2) is 0 Å². The lowest BCUT2D eigenvalue weighted by atomic mass is 10.0. The van der Waals surface area contributed by atoms with E-state index in [2.05, 4.69) is 76.2 Å². The minimum atomic E-state index is -1.10. The van der Waals surface area contributed by atoms with E-state index in [0.29, 0.717) is 0 Å². The molecule has 2 aromatic carbocycles. The zero-order chi connectivity index (χ0) is 27.4. The summed E-state index contributed by atoms with van der Waals surface area (Å²) >= 11 is 0. The summed E-state index contributed by atoms with van der Waals surface area (Å²) in [6.45, 7) is 9.28. The Bertz CT molecular complexity index is 778. The number of rotatable bonds is 22. The third-order valence-electron chi connectivity index (χ3n) is 7.77. The van der Waals surface area contributed by atoms with Gasteiger partial charge in [0, 0.05) is 9.79 Å². The van der Waals surface area contributed by atoms with Gasteiger partial charge >= 0.3 is 0 Å². The fourth-order valence-corrected chi connectivity index (χ4v) is 6.27. The highest BCUT2D eigenvalue weighted by molar-refractivity contribution is 7.85. The van der Waals surface area contributed by atoms with Crippen LogP contribution in [0.3, 0.4) is 0 Å². The normalized spacial score (nSPS) is 11.8. The Labute approximate surface area is 239 Å². The minimum Gasteiger partial charge on any atom is -0.249 e. The van der Waals surface area contributed by atoms with Crippen molar-refractivity contribution in [3.63, 3.8) is 0 Å². The molecule has 0 aliphatic heterocycles. The number of aryl methyl sites for hydroxylation is 2. The molecule has 0 radical (unpaired) electrons. The molecular formula is C36H58OS.